The van der Waals surface area contributed by atoms with Gasteiger partial charge in [-0.2, -0.15) is 0 Å². The van der Waals surface area contributed by atoms with Crippen molar-refractivity contribution < 1.29 is 14.3 Å². The van der Waals surface area contributed by atoms with Gasteiger partial charge in [-0.05, 0) is 18.6 Å². The van der Waals surface area contributed by atoms with Crippen molar-refractivity contribution in [1.29, 1.82) is 0 Å². The molecule has 1 aliphatic rings. The molecule has 1 fully saturated rings. The Morgan fingerprint density at radius 3 is 2.85 bits per heavy atom. The first-order valence-corrected chi connectivity index (χ1v) is 7.42. The molecule has 0 spiro atoms. The van der Waals surface area contributed by atoms with Crippen molar-refractivity contribution in [2.24, 2.45) is 0 Å². The molecule has 1 amide bonds. The highest BCUT2D eigenvalue weighted by Gasteiger charge is 2.23. The van der Waals surface area contributed by atoms with Crippen molar-refractivity contribution in [2.75, 3.05) is 13.7 Å². The fourth-order valence-corrected chi connectivity index (χ4v) is 2.76. The standard InChI is InChI=1S/C14H15NO3S2/c1-3-7-18-12-9(5-4-6-10(12)17-2)8-11-13(16)15-14(19)20-11/h4-6,8H,3,7H2,1-2H3,(H,15,16,19). The predicted molar refractivity (Wildman–Crippen MR) is 85.1 cm³/mol. The van der Waals surface area contributed by atoms with Crippen molar-refractivity contribution in [2.45, 2.75) is 13.3 Å². The van der Waals surface area contributed by atoms with Crippen molar-refractivity contribution in [3.63, 3.8) is 0 Å². The average Bonchev–Trinajstić information content (AvgIpc) is 2.75. The quantitative estimate of drug-likeness (QED) is 0.669. The molecule has 1 saturated heterocycles. The minimum atomic E-state index is -0.177. The zero-order chi connectivity index (χ0) is 14.5. The molecule has 0 aromatic heterocycles. The smallest absolute Gasteiger partial charge is 0.263 e. The summed E-state index contributed by atoms with van der Waals surface area (Å²) in [6.07, 6.45) is 2.67. The number of thioether (sulfide) groups is 1. The third kappa shape index (κ3) is 3.32. The molecule has 1 aromatic carbocycles. The highest BCUT2D eigenvalue weighted by atomic mass is 32.2. The predicted octanol–water partition coefficient (Wildman–Crippen LogP) is 2.97. The number of nitrogens with one attached hydrogen (secondary N) is 1. The van der Waals surface area contributed by atoms with Crippen LogP contribution in [-0.4, -0.2) is 23.9 Å². The number of rotatable bonds is 5. The highest BCUT2D eigenvalue weighted by Crippen LogP contribution is 2.35. The van der Waals surface area contributed by atoms with Crippen LogP contribution < -0.4 is 14.8 Å². The molecule has 6 heteroatoms. The lowest BCUT2D eigenvalue weighted by atomic mass is 10.1. The number of carbonyl (C=O) groups excluding carboxylic acids is 1. The van der Waals surface area contributed by atoms with Crippen LogP contribution in [-0.2, 0) is 4.79 Å². The van der Waals surface area contributed by atoms with Gasteiger partial charge >= 0.3 is 0 Å². The van der Waals surface area contributed by atoms with Crippen LogP contribution in [0.5, 0.6) is 11.5 Å². The van der Waals surface area contributed by atoms with E-state index in [2.05, 4.69) is 5.32 Å². The molecular formula is C14H15NO3S2. The molecule has 0 atom stereocenters. The van der Waals surface area contributed by atoms with E-state index < -0.39 is 0 Å². The van der Waals surface area contributed by atoms with Gasteiger partial charge < -0.3 is 14.8 Å². The third-order valence-electron chi connectivity index (χ3n) is 2.61. The molecule has 106 valence electrons. The molecule has 1 aliphatic heterocycles. The summed E-state index contributed by atoms with van der Waals surface area (Å²) in [4.78, 5) is 12.3. The second-order valence-electron chi connectivity index (χ2n) is 4.08. The van der Waals surface area contributed by atoms with E-state index in [1.165, 1.54) is 11.8 Å². The van der Waals surface area contributed by atoms with Crippen molar-refractivity contribution in [1.82, 2.24) is 5.32 Å². The summed E-state index contributed by atoms with van der Waals surface area (Å²) in [6.45, 7) is 2.63. The van der Waals surface area contributed by atoms with Crippen LogP contribution in [0.3, 0.4) is 0 Å². The van der Waals surface area contributed by atoms with E-state index in [4.69, 9.17) is 21.7 Å². The Morgan fingerprint density at radius 1 is 1.45 bits per heavy atom. The average molecular weight is 309 g/mol. The molecule has 1 aromatic rings. The number of hydrogen-bond acceptors (Lipinski definition) is 5. The summed E-state index contributed by atoms with van der Waals surface area (Å²) in [6, 6.07) is 5.58. The summed E-state index contributed by atoms with van der Waals surface area (Å²) in [5.41, 5.74) is 0.806. The number of carbonyl (C=O) groups is 1. The minimum absolute atomic E-state index is 0.177. The third-order valence-corrected chi connectivity index (χ3v) is 3.77. The van der Waals surface area contributed by atoms with Gasteiger partial charge in [0, 0.05) is 5.56 Å². The van der Waals surface area contributed by atoms with Crippen LogP contribution in [0.2, 0.25) is 0 Å². The number of benzene rings is 1. The summed E-state index contributed by atoms with van der Waals surface area (Å²) >= 11 is 6.23. The van der Waals surface area contributed by atoms with Gasteiger partial charge in [-0.25, -0.2) is 0 Å². The monoisotopic (exact) mass is 309 g/mol. The first-order chi connectivity index (χ1) is 9.65. The van der Waals surface area contributed by atoms with E-state index in [1.807, 2.05) is 25.1 Å². The topological polar surface area (TPSA) is 47.6 Å². The fourth-order valence-electron chi connectivity index (χ4n) is 1.73. The minimum Gasteiger partial charge on any atom is -0.493 e. The van der Waals surface area contributed by atoms with E-state index >= 15 is 0 Å². The van der Waals surface area contributed by atoms with Crippen LogP contribution in [0.25, 0.3) is 6.08 Å². The molecular weight excluding hydrogens is 294 g/mol. The Balaban J connectivity index is 2.38. The zero-order valence-electron chi connectivity index (χ0n) is 11.3. The Hall–Kier alpha value is -1.53. The first-order valence-electron chi connectivity index (χ1n) is 6.20. The van der Waals surface area contributed by atoms with Crippen LogP contribution in [0.1, 0.15) is 18.9 Å². The highest BCUT2D eigenvalue weighted by molar-refractivity contribution is 8.26. The van der Waals surface area contributed by atoms with Crippen LogP contribution >= 0.6 is 24.0 Å². The molecule has 1 N–H and O–H groups in total. The van der Waals surface area contributed by atoms with E-state index in [1.54, 1.807) is 13.2 Å². The first kappa shape index (κ1) is 14.9. The lowest BCUT2D eigenvalue weighted by Gasteiger charge is -2.12. The lowest BCUT2D eigenvalue weighted by Crippen LogP contribution is -2.17. The number of thiocarbonyl (C=S) groups is 1. The van der Waals surface area contributed by atoms with Gasteiger partial charge in [0.05, 0.1) is 18.6 Å². The molecule has 0 aliphatic carbocycles. The van der Waals surface area contributed by atoms with E-state index in [0.717, 1.165) is 12.0 Å². The number of amides is 1. The SMILES string of the molecule is CCCOc1c(C=C2SC(=S)NC2=O)cccc1OC. The maximum absolute atomic E-state index is 11.7. The number of hydrogen-bond donors (Lipinski definition) is 1. The van der Waals surface area contributed by atoms with Crippen LogP contribution in [0, 0.1) is 0 Å². The number of methoxy groups -OCH3 is 1. The molecule has 1 heterocycles. The van der Waals surface area contributed by atoms with E-state index in [-0.39, 0.29) is 5.91 Å². The Kier molecular flexibility index (Phi) is 5.03. The maximum Gasteiger partial charge on any atom is 0.263 e. The molecule has 0 bridgehead atoms. The fraction of sp³-hybridized carbons (Fsp3) is 0.286. The van der Waals surface area contributed by atoms with Gasteiger partial charge in [-0.1, -0.05) is 43.0 Å². The van der Waals surface area contributed by atoms with Crippen molar-refractivity contribution >= 4 is 40.3 Å². The Labute approximate surface area is 127 Å². The van der Waals surface area contributed by atoms with Gasteiger partial charge in [0.1, 0.15) is 4.32 Å². The van der Waals surface area contributed by atoms with Gasteiger partial charge in [-0.15, -0.1) is 0 Å². The molecule has 0 radical (unpaired) electrons. The maximum atomic E-state index is 11.7. The Morgan fingerprint density at radius 2 is 2.25 bits per heavy atom. The second kappa shape index (κ2) is 6.76. The summed E-state index contributed by atoms with van der Waals surface area (Å²) < 4.78 is 11.5. The van der Waals surface area contributed by atoms with E-state index in [0.29, 0.717) is 27.3 Å². The number of para-hydroxylation sites is 1. The normalized spacial score (nSPS) is 16.4. The molecule has 0 saturated carbocycles. The summed E-state index contributed by atoms with van der Waals surface area (Å²) in [5, 5.41) is 2.59. The van der Waals surface area contributed by atoms with Gasteiger partial charge in [-0.3, -0.25) is 4.79 Å². The van der Waals surface area contributed by atoms with Gasteiger partial charge in [0.2, 0.25) is 0 Å². The zero-order valence-corrected chi connectivity index (χ0v) is 12.9. The molecule has 2 rings (SSSR count). The van der Waals surface area contributed by atoms with Crippen molar-refractivity contribution in [3.8, 4) is 11.5 Å². The van der Waals surface area contributed by atoms with Crippen LogP contribution in [0.4, 0.5) is 0 Å². The van der Waals surface area contributed by atoms with Gasteiger partial charge in [0.25, 0.3) is 5.91 Å². The molecule has 4 nitrogen and oxygen atoms in total. The van der Waals surface area contributed by atoms with Crippen LogP contribution in [0.15, 0.2) is 23.1 Å². The Bertz CT molecular complexity index is 570. The number of ether oxygens (including phenoxy) is 2. The second-order valence-corrected chi connectivity index (χ2v) is 5.80. The van der Waals surface area contributed by atoms with Gasteiger partial charge in [0.15, 0.2) is 11.5 Å². The summed E-state index contributed by atoms with van der Waals surface area (Å²) in [7, 11) is 1.59. The summed E-state index contributed by atoms with van der Waals surface area (Å²) in [5.74, 6) is 1.12. The molecule has 0 unspecified atom stereocenters. The van der Waals surface area contributed by atoms with Crippen molar-refractivity contribution in [3.05, 3.63) is 28.7 Å². The largest absolute Gasteiger partial charge is 0.493 e. The lowest BCUT2D eigenvalue weighted by molar-refractivity contribution is -0.115. The van der Waals surface area contributed by atoms with E-state index in [9.17, 15) is 4.79 Å². The molecule has 20 heavy (non-hydrogen) atoms.